The van der Waals surface area contributed by atoms with Gasteiger partial charge in [-0.2, -0.15) is 0 Å². The van der Waals surface area contributed by atoms with E-state index in [1.165, 1.54) is 0 Å². The summed E-state index contributed by atoms with van der Waals surface area (Å²) in [6.45, 7) is 0.703. The van der Waals surface area contributed by atoms with Crippen LogP contribution in [0.4, 0.5) is 0 Å². The van der Waals surface area contributed by atoms with Gasteiger partial charge in [0, 0.05) is 40.3 Å². The van der Waals surface area contributed by atoms with Crippen molar-refractivity contribution in [3.8, 4) is 11.5 Å². The quantitative estimate of drug-likeness (QED) is 0.775. The molecule has 0 spiro atoms. The number of halogens is 1. The third-order valence-corrected chi connectivity index (χ3v) is 3.61. The molecule has 3 nitrogen and oxygen atoms in total. The molecule has 4 heteroatoms. The molecular weight excluding hydrogens is 284 g/mol. The molecule has 3 rings (SSSR count). The standard InChI is InChI=1S/C17H15ClN2O/c1-19-10-12-11-20-9-8-16(12)21-17-7-6-15(18)13-4-2-3-5-14(13)17/h2-9,11,19H,10H2,1H3. The zero-order valence-corrected chi connectivity index (χ0v) is 12.4. The number of nitrogens with zero attached hydrogens (tertiary/aromatic N) is 1. The number of pyridine rings is 1. The number of nitrogens with one attached hydrogen (secondary N) is 1. The number of hydrogen-bond acceptors (Lipinski definition) is 3. The third kappa shape index (κ3) is 2.84. The number of fused-ring (bicyclic) bond motifs is 1. The lowest BCUT2D eigenvalue weighted by Gasteiger charge is -2.13. The molecule has 0 amide bonds. The minimum absolute atomic E-state index is 0.703. The van der Waals surface area contributed by atoms with Crippen LogP contribution in [-0.4, -0.2) is 12.0 Å². The first-order valence-electron chi connectivity index (χ1n) is 6.72. The Morgan fingerprint density at radius 2 is 1.86 bits per heavy atom. The largest absolute Gasteiger partial charge is 0.456 e. The average molecular weight is 299 g/mol. The first kappa shape index (κ1) is 13.9. The Hall–Kier alpha value is -2.10. The van der Waals surface area contributed by atoms with E-state index in [-0.39, 0.29) is 0 Å². The van der Waals surface area contributed by atoms with E-state index in [1.807, 2.05) is 55.7 Å². The summed E-state index contributed by atoms with van der Waals surface area (Å²) in [4.78, 5) is 4.14. The zero-order valence-electron chi connectivity index (χ0n) is 11.6. The van der Waals surface area contributed by atoms with Gasteiger partial charge in [-0.05, 0) is 25.2 Å². The molecule has 106 valence electrons. The van der Waals surface area contributed by atoms with Crippen molar-refractivity contribution in [2.45, 2.75) is 6.54 Å². The molecule has 0 aliphatic carbocycles. The average Bonchev–Trinajstić information content (AvgIpc) is 2.52. The maximum absolute atomic E-state index is 6.24. The Labute approximate surface area is 128 Å². The number of aromatic nitrogens is 1. The van der Waals surface area contributed by atoms with Gasteiger partial charge in [0.1, 0.15) is 11.5 Å². The predicted octanol–water partition coefficient (Wildman–Crippen LogP) is 4.40. The lowest BCUT2D eigenvalue weighted by Crippen LogP contribution is -2.06. The van der Waals surface area contributed by atoms with Gasteiger partial charge in [0.15, 0.2) is 0 Å². The van der Waals surface area contributed by atoms with Gasteiger partial charge >= 0.3 is 0 Å². The van der Waals surface area contributed by atoms with Gasteiger partial charge in [0.2, 0.25) is 0 Å². The summed E-state index contributed by atoms with van der Waals surface area (Å²) in [7, 11) is 1.90. The van der Waals surface area contributed by atoms with Crippen LogP contribution in [0.2, 0.25) is 5.02 Å². The Morgan fingerprint density at radius 1 is 1.05 bits per heavy atom. The van der Waals surface area contributed by atoms with Gasteiger partial charge in [-0.1, -0.05) is 35.9 Å². The van der Waals surface area contributed by atoms with E-state index in [2.05, 4.69) is 10.3 Å². The van der Waals surface area contributed by atoms with Crippen LogP contribution in [0.15, 0.2) is 54.9 Å². The highest BCUT2D eigenvalue weighted by atomic mass is 35.5. The molecule has 2 aromatic carbocycles. The lowest BCUT2D eigenvalue weighted by atomic mass is 10.1. The number of hydrogen-bond donors (Lipinski definition) is 1. The van der Waals surface area contributed by atoms with Gasteiger partial charge in [0.25, 0.3) is 0 Å². The molecular formula is C17H15ClN2O. The molecule has 0 aliphatic rings. The first-order chi connectivity index (χ1) is 10.3. The summed E-state index contributed by atoms with van der Waals surface area (Å²) < 4.78 is 6.09. The second-order valence-corrected chi connectivity index (χ2v) is 5.11. The Morgan fingerprint density at radius 3 is 2.67 bits per heavy atom. The van der Waals surface area contributed by atoms with Gasteiger partial charge < -0.3 is 10.1 Å². The van der Waals surface area contributed by atoms with E-state index in [9.17, 15) is 0 Å². The number of rotatable bonds is 4. The normalized spacial score (nSPS) is 10.8. The molecule has 1 heterocycles. The lowest BCUT2D eigenvalue weighted by molar-refractivity contribution is 0.478. The predicted molar refractivity (Wildman–Crippen MR) is 86.0 cm³/mol. The summed E-state index contributed by atoms with van der Waals surface area (Å²) in [5.74, 6) is 1.59. The molecule has 0 bridgehead atoms. The highest BCUT2D eigenvalue weighted by molar-refractivity contribution is 6.35. The Kier molecular flexibility index (Phi) is 4.04. The van der Waals surface area contributed by atoms with Crippen molar-refractivity contribution >= 4 is 22.4 Å². The van der Waals surface area contributed by atoms with Crippen LogP contribution in [0, 0.1) is 0 Å². The smallest absolute Gasteiger partial charge is 0.135 e. The van der Waals surface area contributed by atoms with E-state index in [0.717, 1.165) is 32.9 Å². The molecule has 0 saturated carbocycles. The fraction of sp³-hybridized carbons (Fsp3) is 0.118. The van der Waals surface area contributed by atoms with Crippen molar-refractivity contribution in [2.24, 2.45) is 0 Å². The van der Waals surface area contributed by atoms with Gasteiger partial charge in [0.05, 0.1) is 0 Å². The minimum atomic E-state index is 0.703. The summed E-state index contributed by atoms with van der Waals surface area (Å²) in [6.07, 6.45) is 3.54. The van der Waals surface area contributed by atoms with Gasteiger partial charge in [-0.3, -0.25) is 4.98 Å². The van der Waals surface area contributed by atoms with Crippen LogP contribution in [-0.2, 0) is 6.54 Å². The molecule has 1 N–H and O–H groups in total. The number of ether oxygens (including phenoxy) is 1. The molecule has 0 saturated heterocycles. The molecule has 0 atom stereocenters. The summed E-state index contributed by atoms with van der Waals surface area (Å²) in [6, 6.07) is 13.6. The molecule has 0 radical (unpaired) electrons. The zero-order chi connectivity index (χ0) is 14.7. The SMILES string of the molecule is CNCc1cnccc1Oc1ccc(Cl)c2ccccc12. The van der Waals surface area contributed by atoms with Crippen molar-refractivity contribution in [1.82, 2.24) is 10.3 Å². The van der Waals surface area contributed by atoms with Crippen molar-refractivity contribution in [3.63, 3.8) is 0 Å². The van der Waals surface area contributed by atoms with Crippen LogP contribution < -0.4 is 10.1 Å². The van der Waals surface area contributed by atoms with E-state index >= 15 is 0 Å². The van der Waals surface area contributed by atoms with Crippen LogP contribution in [0.5, 0.6) is 11.5 Å². The van der Waals surface area contributed by atoms with E-state index in [1.54, 1.807) is 6.20 Å². The minimum Gasteiger partial charge on any atom is -0.456 e. The topological polar surface area (TPSA) is 34.2 Å². The Bertz CT molecular complexity index is 774. The summed E-state index contributed by atoms with van der Waals surface area (Å²) in [5, 5.41) is 5.82. The fourth-order valence-corrected chi connectivity index (χ4v) is 2.51. The summed E-state index contributed by atoms with van der Waals surface area (Å²) in [5.41, 5.74) is 1.01. The second-order valence-electron chi connectivity index (χ2n) is 4.71. The Balaban J connectivity index is 2.05. The van der Waals surface area contributed by atoms with Gasteiger partial charge in [-0.25, -0.2) is 0 Å². The maximum Gasteiger partial charge on any atom is 0.135 e. The monoisotopic (exact) mass is 298 g/mol. The summed E-state index contributed by atoms with van der Waals surface area (Å²) >= 11 is 6.24. The van der Waals surface area contributed by atoms with Crippen molar-refractivity contribution in [3.05, 3.63) is 65.4 Å². The fourth-order valence-electron chi connectivity index (χ4n) is 2.28. The molecule has 0 fully saturated rings. The van der Waals surface area contributed by atoms with E-state index in [4.69, 9.17) is 16.3 Å². The molecule has 21 heavy (non-hydrogen) atoms. The van der Waals surface area contributed by atoms with Crippen LogP contribution in [0.3, 0.4) is 0 Å². The highest BCUT2D eigenvalue weighted by Gasteiger charge is 2.09. The van der Waals surface area contributed by atoms with E-state index < -0.39 is 0 Å². The van der Waals surface area contributed by atoms with Crippen molar-refractivity contribution in [1.29, 1.82) is 0 Å². The molecule has 0 unspecified atom stereocenters. The van der Waals surface area contributed by atoms with Crippen LogP contribution in [0.25, 0.3) is 10.8 Å². The second kappa shape index (κ2) is 6.12. The first-order valence-corrected chi connectivity index (χ1v) is 7.10. The van der Waals surface area contributed by atoms with Crippen LogP contribution in [0.1, 0.15) is 5.56 Å². The molecule has 1 aromatic heterocycles. The third-order valence-electron chi connectivity index (χ3n) is 3.28. The highest BCUT2D eigenvalue weighted by Crippen LogP contribution is 2.34. The maximum atomic E-state index is 6.24. The molecule has 0 aliphatic heterocycles. The van der Waals surface area contributed by atoms with E-state index in [0.29, 0.717) is 6.54 Å². The van der Waals surface area contributed by atoms with Crippen LogP contribution >= 0.6 is 11.6 Å². The molecule has 3 aromatic rings. The van der Waals surface area contributed by atoms with Gasteiger partial charge in [-0.15, -0.1) is 0 Å². The van der Waals surface area contributed by atoms with Crippen molar-refractivity contribution in [2.75, 3.05) is 7.05 Å². The van der Waals surface area contributed by atoms with Crippen molar-refractivity contribution < 1.29 is 4.74 Å². The number of benzene rings is 2.